The quantitative estimate of drug-likeness (QED) is 0.786. The third-order valence-corrected chi connectivity index (χ3v) is 3.78. The molecule has 1 amide bonds. The van der Waals surface area contributed by atoms with Crippen LogP contribution in [0, 0.1) is 0 Å². The van der Waals surface area contributed by atoms with Gasteiger partial charge in [0.1, 0.15) is 10.6 Å². The number of hydrogen-bond donors (Lipinski definition) is 2. The van der Waals surface area contributed by atoms with Crippen LogP contribution < -0.4 is 5.32 Å². The van der Waals surface area contributed by atoms with E-state index in [2.05, 4.69) is 10.3 Å². The Kier molecular flexibility index (Phi) is 3.41. The SMILES string of the molecule is O=C(NC1CCOC1)c1cc(S(=O)(=O)Cl)c[nH]1. The maximum atomic E-state index is 11.7. The lowest BCUT2D eigenvalue weighted by atomic mass is 10.2. The van der Waals surface area contributed by atoms with E-state index in [-0.39, 0.29) is 22.5 Å². The van der Waals surface area contributed by atoms with Crippen molar-refractivity contribution in [3.8, 4) is 0 Å². The van der Waals surface area contributed by atoms with Crippen molar-refractivity contribution in [3.63, 3.8) is 0 Å². The standard InChI is InChI=1S/C9H11ClN2O4S/c10-17(14,15)7-3-8(11-4-7)9(13)12-6-1-2-16-5-6/h3-4,6,11H,1-2,5H2,(H,12,13). The molecular formula is C9H11ClN2O4S. The van der Waals surface area contributed by atoms with Gasteiger partial charge in [0.05, 0.1) is 12.6 Å². The molecule has 1 aliphatic rings. The highest BCUT2D eigenvalue weighted by molar-refractivity contribution is 8.13. The first-order chi connectivity index (χ1) is 7.97. The number of hydrogen-bond acceptors (Lipinski definition) is 4. The van der Waals surface area contributed by atoms with Crippen molar-refractivity contribution in [1.29, 1.82) is 0 Å². The van der Waals surface area contributed by atoms with Gasteiger partial charge in [-0.15, -0.1) is 0 Å². The minimum atomic E-state index is -3.81. The number of aromatic nitrogens is 1. The summed E-state index contributed by atoms with van der Waals surface area (Å²) in [5, 5.41) is 2.73. The number of aromatic amines is 1. The van der Waals surface area contributed by atoms with E-state index in [0.717, 1.165) is 6.42 Å². The molecular weight excluding hydrogens is 268 g/mol. The molecule has 2 heterocycles. The average Bonchev–Trinajstić information content (AvgIpc) is 2.85. The normalized spacial score (nSPS) is 20.4. The van der Waals surface area contributed by atoms with Gasteiger partial charge in [0.2, 0.25) is 0 Å². The van der Waals surface area contributed by atoms with E-state index in [1.807, 2.05) is 0 Å². The minimum absolute atomic E-state index is 0.0261. The Morgan fingerprint density at radius 1 is 1.59 bits per heavy atom. The molecule has 0 aliphatic carbocycles. The summed E-state index contributed by atoms with van der Waals surface area (Å²) < 4.78 is 27.1. The molecule has 8 heteroatoms. The highest BCUT2D eigenvalue weighted by Gasteiger charge is 2.21. The van der Waals surface area contributed by atoms with Crippen LogP contribution in [-0.4, -0.2) is 38.6 Å². The molecule has 1 atom stereocenters. The van der Waals surface area contributed by atoms with Crippen molar-refractivity contribution >= 4 is 25.6 Å². The topological polar surface area (TPSA) is 88.3 Å². The maximum absolute atomic E-state index is 11.7. The molecule has 1 unspecified atom stereocenters. The predicted molar refractivity (Wildman–Crippen MR) is 60.5 cm³/mol. The van der Waals surface area contributed by atoms with Crippen molar-refractivity contribution in [3.05, 3.63) is 18.0 Å². The highest BCUT2D eigenvalue weighted by atomic mass is 35.7. The molecule has 0 bridgehead atoms. The van der Waals surface area contributed by atoms with E-state index in [1.54, 1.807) is 0 Å². The molecule has 1 aliphatic heterocycles. The van der Waals surface area contributed by atoms with Crippen molar-refractivity contribution in [2.45, 2.75) is 17.4 Å². The van der Waals surface area contributed by atoms with Crippen LogP contribution in [0.4, 0.5) is 0 Å². The Hall–Kier alpha value is -1.05. The van der Waals surface area contributed by atoms with Gasteiger partial charge in [-0.1, -0.05) is 0 Å². The molecule has 0 spiro atoms. The molecule has 6 nitrogen and oxygen atoms in total. The molecule has 0 radical (unpaired) electrons. The van der Waals surface area contributed by atoms with Crippen molar-refractivity contribution in [2.75, 3.05) is 13.2 Å². The fraction of sp³-hybridized carbons (Fsp3) is 0.444. The van der Waals surface area contributed by atoms with Crippen LogP contribution in [0.5, 0.6) is 0 Å². The molecule has 1 saturated heterocycles. The molecule has 2 rings (SSSR count). The summed E-state index contributed by atoms with van der Waals surface area (Å²) in [4.78, 5) is 14.2. The molecule has 0 aromatic carbocycles. The number of ether oxygens (including phenoxy) is 1. The zero-order valence-electron chi connectivity index (χ0n) is 8.77. The number of H-pyrrole nitrogens is 1. The van der Waals surface area contributed by atoms with Gasteiger partial charge in [-0.2, -0.15) is 0 Å². The van der Waals surface area contributed by atoms with Crippen molar-refractivity contribution in [2.24, 2.45) is 0 Å². The van der Waals surface area contributed by atoms with E-state index < -0.39 is 9.05 Å². The van der Waals surface area contributed by atoms with Crippen LogP contribution in [0.15, 0.2) is 17.2 Å². The van der Waals surface area contributed by atoms with Crippen molar-refractivity contribution in [1.82, 2.24) is 10.3 Å². The Bertz CT molecular complexity index is 519. The first kappa shape index (κ1) is 12.4. The number of nitrogens with one attached hydrogen (secondary N) is 2. The fourth-order valence-electron chi connectivity index (χ4n) is 1.56. The van der Waals surface area contributed by atoms with Gasteiger partial charge in [-0.3, -0.25) is 4.79 Å². The number of halogens is 1. The molecule has 17 heavy (non-hydrogen) atoms. The summed E-state index contributed by atoms with van der Waals surface area (Å²) in [6, 6.07) is 1.18. The second-order valence-electron chi connectivity index (χ2n) is 3.72. The van der Waals surface area contributed by atoms with Crippen LogP contribution in [0.3, 0.4) is 0 Å². The second-order valence-corrected chi connectivity index (χ2v) is 6.29. The summed E-state index contributed by atoms with van der Waals surface area (Å²) in [5.41, 5.74) is 0.163. The van der Waals surface area contributed by atoms with Crippen molar-refractivity contribution < 1.29 is 17.9 Å². The number of carbonyl (C=O) groups is 1. The highest BCUT2D eigenvalue weighted by Crippen LogP contribution is 2.16. The second kappa shape index (κ2) is 4.67. The fourth-order valence-corrected chi connectivity index (χ4v) is 2.28. The van der Waals surface area contributed by atoms with Gasteiger partial charge in [0.25, 0.3) is 15.0 Å². The zero-order chi connectivity index (χ0) is 12.5. The summed E-state index contributed by atoms with van der Waals surface area (Å²) >= 11 is 0. The van der Waals surface area contributed by atoms with Gasteiger partial charge in [0.15, 0.2) is 0 Å². The lowest BCUT2D eigenvalue weighted by Gasteiger charge is -2.08. The Balaban J connectivity index is 2.07. The first-order valence-corrected chi connectivity index (χ1v) is 7.29. The number of rotatable bonds is 3. The van der Waals surface area contributed by atoms with Crippen LogP contribution in [0.1, 0.15) is 16.9 Å². The van der Waals surface area contributed by atoms with Crippen LogP contribution in [0.25, 0.3) is 0 Å². The molecule has 1 aromatic rings. The molecule has 1 aromatic heterocycles. The van der Waals surface area contributed by atoms with E-state index in [1.165, 1.54) is 12.3 Å². The Morgan fingerprint density at radius 3 is 2.88 bits per heavy atom. The lowest BCUT2D eigenvalue weighted by Crippen LogP contribution is -2.35. The number of carbonyl (C=O) groups excluding carboxylic acids is 1. The van der Waals surface area contributed by atoms with E-state index in [9.17, 15) is 13.2 Å². The number of amides is 1. The zero-order valence-corrected chi connectivity index (χ0v) is 10.3. The summed E-state index contributed by atoms with van der Waals surface area (Å²) in [7, 11) is 1.34. The Morgan fingerprint density at radius 2 is 2.35 bits per heavy atom. The van der Waals surface area contributed by atoms with E-state index in [0.29, 0.717) is 13.2 Å². The van der Waals surface area contributed by atoms with E-state index >= 15 is 0 Å². The predicted octanol–water partition coefficient (Wildman–Crippen LogP) is 0.461. The van der Waals surface area contributed by atoms with Crippen LogP contribution in [-0.2, 0) is 13.8 Å². The molecule has 94 valence electrons. The maximum Gasteiger partial charge on any atom is 0.268 e. The summed E-state index contributed by atoms with van der Waals surface area (Å²) in [6.07, 6.45) is 1.94. The van der Waals surface area contributed by atoms with E-state index in [4.69, 9.17) is 15.4 Å². The average molecular weight is 279 g/mol. The molecule has 2 N–H and O–H groups in total. The molecule has 0 saturated carbocycles. The first-order valence-electron chi connectivity index (χ1n) is 4.98. The van der Waals surface area contributed by atoms with Crippen LogP contribution in [0.2, 0.25) is 0 Å². The van der Waals surface area contributed by atoms with Gasteiger partial charge >= 0.3 is 0 Å². The van der Waals surface area contributed by atoms with Gasteiger partial charge in [-0.25, -0.2) is 8.42 Å². The smallest absolute Gasteiger partial charge is 0.268 e. The van der Waals surface area contributed by atoms with Gasteiger partial charge in [-0.05, 0) is 12.5 Å². The minimum Gasteiger partial charge on any atom is -0.379 e. The summed E-state index contributed by atoms with van der Waals surface area (Å²) in [5.74, 6) is -0.368. The Labute approximate surface area is 103 Å². The van der Waals surface area contributed by atoms with Gasteiger partial charge in [0, 0.05) is 23.5 Å². The third kappa shape index (κ3) is 2.99. The lowest BCUT2D eigenvalue weighted by molar-refractivity contribution is 0.0925. The van der Waals surface area contributed by atoms with Crippen LogP contribution >= 0.6 is 10.7 Å². The largest absolute Gasteiger partial charge is 0.379 e. The monoisotopic (exact) mass is 278 g/mol. The molecule has 1 fully saturated rings. The summed E-state index contributed by atoms with van der Waals surface area (Å²) in [6.45, 7) is 1.10. The van der Waals surface area contributed by atoms with Gasteiger partial charge < -0.3 is 15.0 Å². The third-order valence-electron chi connectivity index (χ3n) is 2.45.